The third-order valence-corrected chi connectivity index (χ3v) is 3.67. The highest BCUT2D eigenvalue weighted by Crippen LogP contribution is 2.37. The Bertz CT molecular complexity index is 202. The van der Waals surface area contributed by atoms with Gasteiger partial charge in [0, 0.05) is 17.9 Å². The molecule has 1 heterocycles. The number of carbonyl (C=O) groups excluding carboxylic acids is 1. The molecule has 1 saturated heterocycles. The zero-order chi connectivity index (χ0) is 9.31. The molecule has 0 aromatic rings. The van der Waals surface area contributed by atoms with E-state index in [-0.39, 0.29) is 5.41 Å². The summed E-state index contributed by atoms with van der Waals surface area (Å²) in [5.41, 5.74) is -0.0384. The third kappa shape index (κ3) is 1.64. The van der Waals surface area contributed by atoms with Gasteiger partial charge in [-0.2, -0.15) is 0 Å². The van der Waals surface area contributed by atoms with Gasteiger partial charge in [0.2, 0.25) is 0 Å². The molecule has 2 nitrogen and oxygen atoms in total. The van der Waals surface area contributed by atoms with Gasteiger partial charge in [-0.15, -0.1) is 0 Å². The van der Waals surface area contributed by atoms with Gasteiger partial charge in [-0.1, -0.05) is 13.3 Å². The van der Waals surface area contributed by atoms with Crippen LogP contribution >= 0.6 is 0 Å². The number of carbonyl (C=O) groups is 1. The van der Waals surface area contributed by atoms with Crippen molar-refractivity contribution in [2.45, 2.75) is 39.0 Å². The van der Waals surface area contributed by atoms with Gasteiger partial charge in [0.1, 0.15) is 5.78 Å². The van der Waals surface area contributed by atoms with Crippen LogP contribution in [0.1, 0.15) is 39.0 Å². The Balaban J connectivity index is 1.99. The van der Waals surface area contributed by atoms with Gasteiger partial charge in [0.15, 0.2) is 0 Å². The molecule has 0 radical (unpaired) electrons. The Kier molecular flexibility index (Phi) is 2.41. The quantitative estimate of drug-likeness (QED) is 0.703. The molecule has 74 valence electrons. The summed E-state index contributed by atoms with van der Waals surface area (Å²) >= 11 is 0. The molecule has 2 aliphatic rings. The number of ketones is 1. The van der Waals surface area contributed by atoms with Gasteiger partial charge in [0.25, 0.3) is 0 Å². The zero-order valence-electron chi connectivity index (χ0n) is 8.44. The van der Waals surface area contributed by atoms with Crippen molar-refractivity contribution in [3.63, 3.8) is 0 Å². The molecular weight excluding hydrogens is 162 g/mol. The summed E-state index contributed by atoms with van der Waals surface area (Å²) in [6.45, 7) is 4.13. The van der Waals surface area contributed by atoms with E-state index in [1.807, 2.05) is 0 Å². The predicted octanol–water partition coefficient (Wildman–Crippen LogP) is 1.75. The van der Waals surface area contributed by atoms with Crippen molar-refractivity contribution in [1.29, 1.82) is 0 Å². The largest absolute Gasteiger partial charge is 0.316 e. The van der Waals surface area contributed by atoms with Crippen molar-refractivity contribution in [1.82, 2.24) is 5.32 Å². The van der Waals surface area contributed by atoms with E-state index in [1.54, 1.807) is 0 Å². The van der Waals surface area contributed by atoms with Crippen molar-refractivity contribution in [3.05, 3.63) is 0 Å². The molecule has 1 aliphatic carbocycles. The van der Waals surface area contributed by atoms with E-state index in [0.29, 0.717) is 11.7 Å². The van der Waals surface area contributed by atoms with Gasteiger partial charge in [-0.3, -0.25) is 4.79 Å². The van der Waals surface area contributed by atoms with E-state index in [9.17, 15) is 4.79 Å². The highest BCUT2D eigenvalue weighted by atomic mass is 16.1. The minimum atomic E-state index is -0.0384. The highest BCUT2D eigenvalue weighted by molar-refractivity contribution is 5.87. The number of hydrogen-bond acceptors (Lipinski definition) is 2. The molecule has 0 spiro atoms. The minimum absolute atomic E-state index is 0.0384. The standard InChI is InChI=1S/C11H19NO/c1-11(6-3-7-12-8-11)10(13)9-4-2-5-9/h9,12H,2-8H2,1H3. The first-order chi connectivity index (χ1) is 6.22. The molecule has 2 fully saturated rings. The van der Waals surface area contributed by atoms with Crippen LogP contribution in [0.15, 0.2) is 0 Å². The molecule has 0 bridgehead atoms. The molecular formula is C11H19NO. The van der Waals surface area contributed by atoms with E-state index in [4.69, 9.17) is 0 Å². The van der Waals surface area contributed by atoms with Gasteiger partial charge in [-0.05, 0) is 32.2 Å². The molecule has 0 aromatic carbocycles. The third-order valence-electron chi connectivity index (χ3n) is 3.67. The van der Waals surface area contributed by atoms with E-state index in [2.05, 4.69) is 12.2 Å². The summed E-state index contributed by atoms with van der Waals surface area (Å²) in [4.78, 5) is 12.1. The summed E-state index contributed by atoms with van der Waals surface area (Å²) in [6.07, 6.45) is 5.81. The number of nitrogens with one attached hydrogen (secondary N) is 1. The molecule has 1 N–H and O–H groups in total. The second-order valence-electron chi connectivity index (χ2n) is 4.83. The summed E-state index contributed by atoms with van der Waals surface area (Å²) in [6, 6.07) is 0. The smallest absolute Gasteiger partial charge is 0.143 e. The van der Waals surface area contributed by atoms with Gasteiger partial charge >= 0.3 is 0 Å². The Morgan fingerprint density at radius 3 is 2.62 bits per heavy atom. The molecule has 0 amide bonds. The lowest BCUT2D eigenvalue weighted by molar-refractivity contribution is -0.135. The van der Waals surface area contributed by atoms with Crippen LogP contribution in [-0.2, 0) is 4.79 Å². The topological polar surface area (TPSA) is 29.1 Å². The predicted molar refractivity (Wildman–Crippen MR) is 52.6 cm³/mol. The first-order valence-electron chi connectivity index (χ1n) is 5.47. The lowest BCUT2D eigenvalue weighted by Crippen LogP contribution is -2.47. The van der Waals surface area contributed by atoms with Gasteiger partial charge in [-0.25, -0.2) is 0 Å². The average molecular weight is 181 g/mol. The van der Waals surface area contributed by atoms with Crippen LogP contribution in [0.25, 0.3) is 0 Å². The number of piperidine rings is 1. The fourth-order valence-corrected chi connectivity index (χ4v) is 2.43. The number of hydrogen-bond donors (Lipinski definition) is 1. The first-order valence-corrected chi connectivity index (χ1v) is 5.47. The van der Waals surface area contributed by atoms with E-state index in [0.717, 1.165) is 38.8 Å². The molecule has 13 heavy (non-hydrogen) atoms. The van der Waals surface area contributed by atoms with Crippen LogP contribution in [0.4, 0.5) is 0 Å². The van der Waals surface area contributed by atoms with Gasteiger partial charge in [0.05, 0.1) is 0 Å². The zero-order valence-corrected chi connectivity index (χ0v) is 8.44. The van der Waals surface area contributed by atoms with E-state index < -0.39 is 0 Å². The molecule has 1 saturated carbocycles. The van der Waals surface area contributed by atoms with Crippen molar-refractivity contribution >= 4 is 5.78 Å². The highest BCUT2D eigenvalue weighted by Gasteiger charge is 2.40. The summed E-state index contributed by atoms with van der Waals surface area (Å²) in [7, 11) is 0. The lowest BCUT2D eigenvalue weighted by atomic mass is 9.68. The van der Waals surface area contributed by atoms with Crippen LogP contribution < -0.4 is 5.32 Å². The lowest BCUT2D eigenvalue weighted by Gasteiger charge is -2.38. The average Bonchev–Trinajstić information content (AvgIpc) is 2.02. The monoisotopic (exact) mass is 181 g/mol. The van der Waals surface area contributed by atoms with Crippen molar-refractivity contribution in [3.8, 4) is 0 Å². The van der Waals surface area contributed by atoms with E-state index in [1.165, 1.54) is 6.42 Å². The fourth-order valence-electron chi connectivity index (χ4n) is 2.43. The maximum absolute atomic E-state index is 12.1. The maximum atomic E-state index is 12.1. The van der Waals surface area contributed by atoms with Crippen LogP contribution in [0.3, 0.4) is 0 Å². The molecule has 0 aromatic heterocycles. The summed E-state index contributed by atoms with van der Waals surface area (Å²) < 4.78 is 0. The SMILES string of the molecule is CC1(C(=O)C2CCC2)CCCNC1. The Labute approximate surface area is 80.1 Å². The molecule has 2 rings (SSSR count). The number of rotatable bonds is 2. The van der Waals surface area contributed by atoms with Crippen LogP contribution in [0, 0.1) is 11.3 Å². The molecule has 1 aliphatic heterocycles. The molecule has 1 unspecified atom stereocenters. The second kappa shape index (κ2) is 3.41. The second-order valence-corrected chi connectivity index (χ2v) is 4.83. The van der Waals surface area contributed by atoms with Crippen molar-refractivity contribution < 1.29 is 4.79 Å². The van der Waals surface area contributed by atoms with Crippen LogP contribution in [-0.4, -0.2) is 18.9 Å². The maximum Gasteiger partial charge on any atom is 0.143 e. The summed E-state index contributed by atoms with van der Waals surface area (Å²) in [5.74, 6) is 0.941. The molecule has 1 atom stereocenters. The Hall–Kier alpha value is -0.370. The first kappa shape index (κ1) is 9.20. The minimum Gasteiger partial charge on any atom is -0.316 e. The molecule has 2 heteroatoms. The van der Waals surface area contributed by atoms with Crippen LogP contribution in [0.5, 0.6) is 0 Å². The van der Waals surface area contributed by atoms with Crippen molar-refractivity contribution in [2.24, 2.45) is 11.3 Å². The van der Waals surface area contributed by atoms with E-state index >= 15 is 0 Å². The van der Waals surface area contributed by atoms with Crippen LogP contribution in [0.2, 0.25) is 0 Å². The number of Topliss-reactive ketones (excluding diaryl/α,β-unsaturated/α-hetero) is 1. The fraction of sp³-hybridized carbons (Fsp3) is 0.909. The van der Waals surface area contributed by atoms with Crippen molar-refractivity contribution in [2.75, 3.05) is 13.1 Å². The summed E-state index contributed by atoms with van der Waals surface area (Å²) in [5, 5.41) is 3.34. The normalized spacial score (nSPS) is 35.5. The van der Waals surface area contributed by atoms with Gasteiger partial charge < -0.3 is 5.32 Å². The Morgan fingerprint density at radius 1 is 1.38 bits per heavy atom. The Morgan fingerprint density at radius 2 is 2.15 bits per heavy atom.